The molecular weight excluding hydrogens is 360 g/mol. The zero-order chi connectivity index (χ0) is 19.5. The van der Waals surface area contributed by atoms with Crippen LogP contribution in [0.5, 0.6) is 0 Å². The van der Waals surface area contributed by atoms with Crippen molar-refractivity contribution in [1.29, 1.82) is 0 Å². The van der Waals surface area contributed by atoms with E-state index in [1.807, 2.05) is 0 Å². The number of esters is 2. The van der Waals surface area contributed by atoms with Gasteiger partial charge in [-0.15, -0.1) is 0 Å². The summed E-state index contributed by atoms with van der Waals surface area (Å²) < 4.78 is 10.2. The van der Waals surface area contributed by atoms with Crippen LogP contribution in [0, 0.1) is 11.8 Å². The quantitative estimate of drug-likeness (QED) is 0.621. The normalized spacial score (nSPS) is 28.5. The number of benzene rings is 1. The van der Waals surface area contributed by atoms with Crippen molar-refractivity contribution < 1.29 is 29.0 Å². The van der Waals surface area contributed by atoms with Gasteiger partial charge in [-0.3, -0.25) is 14.4 Å². The minimum atomic E-state index is -1.65. The molecule has 1 aliphatic carbocycles. The average Bonchev–Trinajstić information content (AvgIpc) is 2.53. The highest BCUT2D eigenvalue weighted by Gasteiger charge is 2.57. The second-order valence-electron chi connectivity index (χ2n) is 6.54. The lowest BCUT2D eigenvalue weighted by molar-refractivity contribution is -0.172. The first-order chi connectivity index (χ1) is 12.2. The zero-order valence-electron chi connectivity index (χ0n) is 15.0. The Labute approximate surface area is 157 Å². The Morgan fingerprint density at radius 2 is 1.85 bits per heavy atom. The summed E-state index contributed by atoms with van der Waals surface area (Å²) >= 11 is 6.07. The van der Waals surface area contributed by atoms with Gasteiger partial charge in [0.15, 0.2) is 5.78 Å². The topological polar surface area (TPSA) is 89.9 Å². The van der Waals surface area contributed by atoms with E-state index in [2.05, 4.69) is 0 Å². The van der Waals surface area contributed by atoms with Gasteiger partial charge >= 0.3 is 11.9 Å². The Morgan fingerprint density at radius 3 is 2.42 bits per heavy atom. The van der Waals surface area contributed by atoms with E-state index < -0.39 is 41.1 Å². The third kappa shape index (κ3) is 4.07. The molecule has 2 rings (SSSR count). The molecule has 0 radical (unpaired) electrons. The lowest BCUT2D eigenvalue weighted by atomic mass is 9.62. The summed E-state index contributed by atoms with van der Waals surface area (Å²) in [5.74, 6) is -5.09. The minimum absolute atomic E-state index is 0.103. The SMILES string of the molecule is CCOC(=O)[C@@H]1C(=O)C[C@](C)(O)[C@@H](C(=O)OCC)[C@H]1c1cccc(Cl)c1. The van der Waals surface area contributed by atoms with E-state index in [1.165, 1.54) is 6.92 Å². The molecule has 7 heteroatoms. The fourth-order valence-corrected chi connectivity index (χ4v) is 3.79. The van der Waals surface area contributed by atoms with Crippen LogP contribution in [0.3, 0.4) is 0 Å². The first kappa shape index (κ1) is 20.4. The molecule has 1 aromatic rings. The summed E-state index contributed by atoms with van der Waals surface area (Å²) in [7, 11) is 0. The molecule has 1 fully saturated rings. The number of halogens is 1. The van der Waals surface area contributed by atoms with Crippen molar-refractivity contribution in [3.05, 3.63) is 34.9 Å². The van der Waals surface area contributed by atoms with Crippen LogP contribution in [0.4, 0.5) is 0 Å². The van der Waals surface area contributed by atoms with Crippen molar-refractivity contribution in [3.63, 3.8) is 0 Å². The van der Waals surface area contributed by atoms with Gasteiger partial charge in [0.05, 0.1) is 24.7 Å². The van der Waals surface area contributed by atoms with E-state index in [0.717, 1.165) is 0 Å². The molecule has 0 aliphatic heterocycles. The van der Waals surface area contributed by atoms with Crippen LogP contribution in [0.25, 0.3) is 0 Å². The molecule has 1 saturated carbocycles. The molecule has 0 unspecified atom stereocenters. The Bertz CT molecular complexity index is 699. The van der Waals surface area contributed by atoms with Crippen molar-refractivity contribution in [2.24, 2.45) is 11.8 Å². The lowest BCUT2D eigenvalue weighted by Gasteiger charge is -2.43. The molecule has 0 aromatic heterocycles. The molecule has 0 amide bonds. The Kier molecular flexibility index (Phi) is 6.42. The fraction of sp³-hybridized carbons (Fsp3) is 0.526. The second-order valence-corrected chi connectivity index (χ2v) is 6.98. The average molecular weight is 383 g/mol. The number of hydrogen-bond acceptors (Lipinski definition) is 6. The van der Waals surface area contributed by atoms with Crippen molar-refractivity contribution in [3.8, 4) is 0 Å². The van der Waals surface area contributed by atoms with Crippen molar-refractivity contribution in [2.45, 2.75) is 38.7 Å². The first-order valence-electron chi connectivity index (χ1n) is 8.56. The van der Waals surface area contributed by atoms with Gasteiger partial charge in [0.2, 0.25) is 0 Å². The molecule has 0 heterocycles. The van der Waals surface area contributed by atoms with E-state index in [-0.39, 0.29) is 19.6 Å². The number of aliphatic hydroxyl groups is 1. The van der Waals surface area contributed by atoms with Gasteiger partial charge in [-0.1, -0.05) is 23.7 Å². The number of ether oxygens (including phenoxy) is 2. The predicted molar refractivity (Wildman–Crippen MR) is 94.7 cm³/mol. The standard InChI is InChI=1S/C19H23ClO6/c1-4-25-17(22)15-13(21)10-19(3,24)16(18(23)26-5-2)14(15)11-7-6-8-12(20)9-11/h6-9,14-16,24H,4-5,10H2,1-3H3/t14-,15+,16+,19-/m0/s1. The number of ketones is 1. The van der Waals surface area contributed by atoms with E-state index in [9.17, 15) is 19.5 Å². The predicted octanol–water partition coefficient (Wildman–Crippen LogP) is 2.51. The largest absolute Gasteiger partial charge is 0.466 e. The van der Waals surface area contributed by atoms with Crippen LogP contribution in [0.1, 0.15) is 38.7 Å². The number of Topliss-reactive ketones (excluding diaryl/α,β-unsaturated/α-hetero) is 1. The van der Waals surface area contributed by atoms with Gasteiger partial charge in [-0.2, -0.15) is 0 Å². The molecular formula is C19H23ClO6. The molecule has 4 atom stereocenters. The van der Waals surface area contributed by atoms with E-state index in [1.54, 1.807) is 38.1 Å². The summed E-state index contributed by atoms with van der Waals surface area (Å²) in [6, 6.07) is 6.56. The van der Waals surface area contributed by atoms with E-state index in [0.29, 0.717) is 10.6 Å². The third-order valence-electron chi connectivity index (χ3n) is 4.58. The maximum atomic E-state index is 12.7. The molecule has 142 valence electrons. The van der Waals surface area contributed by atoms with Gasteiger partial charge < -0.3 is 14.6 Å². The molecule has 0 spiro atoms. The summed E-state index contributed by atoms with van der Waals surface area (Å²) in [6.07, 6.45) is -0.336. The molecule has 1 aromatic carbocycles. The van der Waals surface area contributed by atoms with Crippen LogP contribution in [0.15, 0.2) is 24.3 Å². The first-order valence-corrected chi connectivity index (χ1v) is 8.94. The van der Waals surface area contributed by atoms with Crippen molar-refractivity contribution in [2.75, 3.05) is 13.2 Å². The van der Waals surface area contributed by atoms with Crippen LogP contribution in [-0.2, 0) is 23.9 Å². The Balaban J connectivity index is 2.61. The number of carbonyl (C=O) groups excluding carboxylic acids is 3. The zero-order valence-corrected chi connectivity index (χ0v) is 15.8. The molecule has 26 heavy (non-hydrogen) atoms. The van der Waals surface area contributed by atoms with Crippen LogP contribution >= 0.6 is 11.6 Å². The summed E-state index contributed by atoms with van der Waals surface area (Å²) in [6.45, 7) is 4.92. The van der Waals surface area contributed by atoms with Crippen LogP contribution < -0.4 is 0 Å². The fourth-order valence-electron chi connectivity index (χ4n) is 3.59. The van der Waals surface area contributed by atoms with Gasteiger partial charge in [0.25, 0.3) is 0 Å². The monoisotopic (exact) mass is 382 g/mol. The summed E-state index contributed by atoms with van der Waals surface area (Å²) in [4.78, 5) is 37.8. The smallest absolute Gasteiger partial charge is 0.317 e. The Morgan fingerprint density at radius 1 is 1.23 bits per heavy atom. The van der Waals surface area contributed by atoms with Crippen LogP contribution in [-0.4, -0.2) is 41.6 Å². The minimum Gasteiger partial charge on any atom is -0.466 e. The highest BCUT2D eigenvalue weighted by Crippen LogP contribution is 2.47. The van der Waals surface area contributed by atoms with Gasteiger partial charge in [-0.25, -0.2) is 0 Å². The lowest BCUT2D eigenvalue weighted by Crippen LogP contribution is -2.55. The Hall–Kier alpha value is -1.92. The second kappa shape index (κ2) is 8.18. The van der Waals surface area contributed by atoms with E-state index >= 15 is 0 Å². The molecule has 0 saturated heterocycles. The van der Waals surface area contributed by atoms with Crippen molar-refractivity contribution >= 4 is 29.3 Å². The number of rotatable bonds is 5. The van der Waals surface area contributed by atoms with E-state index in [4.69, 9.17) is 21.1 Å². The van der Waals surface area contributed by atoms with Crippen molar-refractivity contribution in [1.82, 2.24) is 0 Å². The summed E-state index contributed by atoms with van der Waals surface area (Å²) in [5, 5.41) is 11.2. The maximum absolute atomic E-state index is 12.7. The van der Waals surface area contributed by atoms with Crippen LogP contribution in [0.2, 0.25) is 5.02 Å². The summed E-state index contributed by atoms with van der Waals surface area (Å²) in [5.41, 5.74) is -1.15. The third-order valence-corrected chi connectivity index (χ3v) is 4.82. The number of hydrogen-bond donors (Lipinski definition) is 1. The molecule has 6 nitrogen and oxygen atoms in total. The molecule has 1 aliphatic rings. The van der Waals surface area contributed by atoms with Gasteiger partial charge in [0, 0.05) is 17.4 Å². The highest BCUT2D eigenvalue weighted by molar-refractivity contribution is 6.30. The molecule has 0 bridgehead atoms. The maximum Gasteiger partial charge on any atom is 0.317 e. The van der Waals surface area contributed by atoms with Gasteiger partial charge in [-0.05, 0) is 38.5 Å². The highest BCUT2D eigenvalue weighted by atomic mass is 35.5. The van der Waals surface area contributed by atoms with Gasteiger partial charge in [0.1, 0.15) is 5.92 Å². The number of carbonyl (C=O) groups is 3. The molecule has 1 N–H and O–H groups in total.